The summed E-state index contributed by atoms with van der Waals surface area (Å²) in [5, 5.41) is 14.8. The highest BCUT2D eigenvalue weighted by molar-refractivity contribution is 5.97. The maximum Gasteiger partial charge on any atom is 0.326 e. The van der Waals surface area contributed by atoms with Crippen molar-refractivity contribution in [2.45, 2.75) is 110 Å². The molecule has 2 atom stereocenters. The summed E-state index contributed by atoms with van der Waals surface area (Å²) in [5.74, 6) is -1.66. The summed E-state index contributed by atoms with van der Waals surface area (Å²) in [7, 11) is 0. The maximum atomic E-state index is 12.4. The van der Waals surface area contributed by atoms with Gasteiger partial charge in [0.2, 0.25) is 5.91 Å². The normalized spacial score (nSPS) is 12.7. The van der Waals surface area contributed by atoms with E-state index in [4.69, 9.17) is 0 Å². The van der Waals surface area contributed by atoms with Crippen LogP contribution in [0.25, 0.3) is 0 Å². The second-order valence-electron chi connectivity index (χ2n) is 9.09. The van der Waals surface area contributed by atoms with Gasteiger partial charge in [0.05, 0.1) is 0 Å². The number of aliphatic carboxylic acids is 1. The first-order valence-electron chi connectivity index (χ1n) is 12.8. The van der Waals surface area contributed by atoms with E-state index in [1.54, 1.807) is 31.2 Å². The second kappa shape index (κ2) is 17.2. The van der Waals surface area contributed by atoms with Gasteiger partial charge in [-0.15, -0.1) is 0 Å². The molecule has 0 bridgehead atoms. The molecule has 0 saturated heterocycles. The molecule has 1 aromatic rings. The second-order valence-corrected chi connectivity index (χ2v) is 9.09. The van der Waals surface area contributed by atoms with Crippen molar-refractivity contribution in [3.63, 3.8) is 0 Å². The Bertz CT molecular complexity index is 703. The monoisotopic (exact) mass is 460 g/mol. The number of carboxylic acids is 1. The minimum absolute atomic E-state index is 0.0224. The number of hydrogen-bond acceptors (Lipinski definition) is 3. The third-order valence-corrected chi connectivity index (χ3v) is 6.20. The number of rotatable bonds is 18. The van der Waals surface area contributed by atoms with Crippen molar-refractivity contribution in [2.75, 3.05) is 5.32 Å². The highest BCUT2D eigenvalue weighted by Gasteiger charge is 2.25. The van der Waals surface area contributed by atoms with Crippen molar-refractivity contribution < 1.29 is 19.5 Å². The lowest BCUT2D eigenvalue weighted by molar-refractivity contribution is -0.140. The molecule has 1 rings (SSSR count). The predicted octanol–water partition coefficient (Wildman–Crippen LogP) is 6.56. The number of unbranched alkanes of at least 4 members (excludes halogenated alkanes) is 10. The van der Waals surface area contributed by atoms with Crippen molar-refractivity contribution in [2.24, 2.45) is 5.92 Å². The summed E-state index contributed by atoms with van der Waals surface area (Å²) in [6.07, 6.45) is 14.9. The zero-order valence-corrected chi connectivity index (χ0v) is 20.8. The number of carbonyl (C=O) groups is 3. The van der Waals surface area contributed by atoms with Crippen LogP contribution in [0.3, 0.4) is 0 Å². The molecule has 186 valence electrons. The van der Waals surface area contributed by atoms with Crippen molar-refractivity contribution in [3.05, 3.63) is 29.8 Å². The van der Waals surface area contributed by atoms with Crippen LogP contribution in [0.5, 0.6) is 0 Å². The molecule has 33 heavy (non-hydrogen) atoms. The lowest BCUT2D eigenvalue weighted by Crippen LogP contribution is -2.45. The van der Waals surface area contributed by atoms with E-state index < -0.39 is 17.9 Å². The average molecular weight is 461 g/mol. The van der Waals surface area contributed by atoms with E-state index in [9.17, 15) is 19.5 Å². The Morgan fingerprint density at radius 1 is 0.818 bits per heavy atom. The summed E-state index contributed by atoms with van der Waals surface area (Å²) in [5.41, 5.74) is 1.00. The molecule has 0 spiro atoms. The first kappa shape index (κ1) is 28.7. The zero-order chi connectivity index (χ0) is 24.5. The number of nitrogens with one attached hydrogen (secondary N) is 2. The average Bonchev–Trinajstić information content (AvgIpc) is 2.80. The van der Waals surface area contributed by atoms with Gasteiger partial charge in [-0.3, -0.25) is 9.59 Å². The van der Waals surface area contributed by atoms with Crippen LogP contribution in [0.15, 0.2) is 24.3 Å². The third-order valence-electron chi connectivity index (χ3n) is 6.20. The molecule has 0 unspecified atom stereocenters. The van der Waals surface area contributed by atoms with E-state index in [0.717, 1.165) is 12.8 Å². The molecule has 0 aliphatic rings. The van der Waals surface area contributed by atoms with Crippen LogP contribution in [0.4, 0.5) is 5.69 Å². The molecule has 6 heteroatoms. The van der Waals surface area contributed by atoms with Gasteiger partial charge < -0.3 is 15.7 Å². The Morgan fingerprint density at radius 2 is 1.33 bits per heavy atom. The van der Waals surface area contributed by atoms with Crippen LogP contribution in [0, 0.1) is 5.92 Å². The SMILES string of the molecule is CCCCCCCCCCCCCC(=O)Nc1ccc(C(=O)N[C@H](C(=O)O)[C@@H](C)CC)cc1. The number of amides is 2. The van der Waals surface area contributed by atoms with Crippen molar-refractivity contribution in [1.82, 2.24) is 5.32 Å². The van der Waals surface area contributed by atoms with Gasteiger partial charge >= 0.3 is 5.97 Å². The van der Waals surface area contributed by atoms with E-state index in [-0.39, 0.29) is 11.8 Å². The van der Waals surface area contributed by atoms with Crippen LogP contribution in [-0.2, 0) is 9.59 Å². The Morgan fingerprint density at radius 3 is 1.82 bits per heavy atom. The quantitative estimate of drug-likeness (QED) is 0.216. The molecule has 0 aliphatic carbocycles. The van der Waals surface area contributed by atoms with Crippen molar-refractivity contribution in [3.8, 4) is 0 Å². The molecule has 2 amide bonds. The zero-order valence-electron chi connectivity index (χ0n) is 20.8. The van der Waals surface area contributed by atoms with E-state index in [2.05, 4.69) is 17.6 Å². The topological polar surface area (TPSA) is 95.5 Å². The molecule has 0 fully saturated rings. The van der Waals surface area contributed by atoms with Gasteiger partial charge in [-0.05, 0) is 36.6 Å². The Kier molecular flexibility index (Phi) is 14.9. The summed E-state index contributed by atoms with van der Waals surface area (Å²) in [4.78, 5) is 35.9. The molecule has 0 aromatic heterocycles. The molecule has 1 aromatic carbocycles. The molecule has 6 nitrogen and oxygen atoms in total. The van der Waals surface area contributed by atoms with Gasteiger partial charge in [0.15, 0.2) is 0 Å². The van der Waals surface area contributed by atoms with E-state index in [1.807, 2.05) is 6.92 Å². The number of carbonyl (C=O) groups excluding carboxylic acids is 2. The third kappa shape index (κ3) is 12.4. The Hall–Kier alpha value is -2.37. The molecule has 0 radical (unpaired) electrons. The number of anilines is 1. The Labute approximate surface area is 199 Å². The summed E-state index contributed by atoms with van der Waals surface area (Å²) >= 11 is 0. The van der Waals surface area contributed by atoms with Crippen molar-refractivity contribution >= 4 is 23.5 Å². The van der Waals surface area contributed by atoms with Gasteiger partial charge in [-0.25, -0.2) is 4.79 Å². The van der Waals surface area contributed by atoms with Gasteiger partial charge in [0.25, 0.3) is 5.91 Å². The number of benzene rings is 1. The first-order chi connectivity index (χ1) is 15.9. The van der Waals surface area contributed by atoms with E-state index >= 15 is 0 Å². The smallest absolute Gasteiger partial charge is 0.326 e. The van der Waals surface area contributed by atoms with Crippen LogP contribution in [0.1, 0.15) is 115 Å². The van der Waals surface area contributed by atoms with Crippen molar-refractivity contribution in [1.29, 1.82) is 0 Å². The molecular formula is C27H44N2O4. The number of carboxylic acid groups (broad SMARTS) is 1. The molecule has 0 heterocycles. The van der Waals surface area contributed by atoms with E-state index in [0.29, 0.717) is 24.1 Å². The number of hydrogen-bond donors (Lipinski definition) is 3. The predicted molar refractivity (Wildman–Crippen MR) is 134 cm³/mol. The van der Waals surface area contributed by atoms with Gasteiger partial charge in [-0.2, -0.15) is 0 Å². The fourth-order valence-corrected chi connectivity index (χ4v) is 3.79. The highest BCUT2D eigenvalue weighted by Crippen LogP contribution is 2.14. The van der Waals surface area contributed by atoms with Crippen LogP contribution in [0.2, 0.25) is 0 Å². The fourth-order valence-electron chi connectivity index (χ4n) is 3.79. The van der Waals surface area contributed by atoms with Gasteiger partial charge in [0.1, 0.15) is 6.04 Å². The Balaban J connectivity index is 2.25. The summed E-state index contributed by atoms with van der Waals surface area (Å²) in [6, 6.07) is 5.62. The van der Waals surface area contributed by atoms with Gasteiger partial charge in [0, 0.05) is 17.7 Å². The fraction of sp³-hybridized carbons (Fsp3) is 0.667. The molecule has 0 aliphatic heterocycles. The maximum absolute atomic E-state index is 12.4. The molecule has 0 saturated carbocycles. The molecule has 3 N–H and O–H groups in total. The van der Waals surface area contributed by atoms with Crippen LogP contribution < -0.4 is 10.6 Å². The lowest BCUT2D eigenvalue weighted by atomic mass is 9.99. The minimum Gasteiger partial charge on any atom is -0.480 e. The van der Waals surface area contributed by atoms with Crippen LogP contribution >= 0.6 is 0 Å². The standard InChI is InChI=1S/C27H44N2O4/c1-4-6-7-8-9-10-11-12-13-14-15-16-24(30)28-23-19-17-22(18-20-23)26(31)29-25(27(32)33)21(3)5-2/h17-21,25H,4-16H2,1-3H3,(H,28,30)(H,29,31)(H,32,33)/t21-,25-/m0/s1. The first-order valence-corrected chi connectivity index (χ1v) is 12.8. The summed E-state index contributed by atoms with van der Waals surface area (Å²) in [6.45, 7) is 5.93. The largest absolute Gasteiger partial charge is 0.480 e. The molecular weight excluding hydrogens is 416 g/mol. The van der Waals surface area contributed by atoms with Crippen LogP contribution in [-0.4, -0.2) is 28.9 Å². The van der Waals surface area contributed by atoms with E-state index in [1.165, 1.54) is 57.8 Å². The minimum atomic E-state index is -1.04. The highest BCUT2D eigenvalue weighted by atomic mass is 16.4. The lowest BCUT2D eigenvalue weighted by Gasteiger charge is -2.20. The van der Waals surface area contributed by atoms with Gasteiger partial charge in [-0.1, -0.05) is 91.4 Å². The summed E-state index contributed by atoms with van der Waals surface area (Å²) < 4.78 is 0.